The molecule has 0 radical (unpaired) electrons. The van der Waals surface area contributed by atoms with Gasteiger partial charge in [-0.1, -0.05) is 23.2 Å². The zero-order valence-electron chi connectivity index (χ0n) is 8.93. The molecule has 0 saturated heterocycles. The van der Waals surface area contributed by atoms with Crippen molar-refractivity contribution in [1.82, 2.24) is 0 Å². The Balaban J connectivity index is 2.75. The van der Waals surface area contributed by atoms with E-state index in [9.17, 15) is 14.0 Å². The van der Waals surface area contributed by atoms with Crippen LogP contribution in [0.5, 0.6) is 0 Å². The molecule has 0 aromatic heterocycles. The fourth-order valence-electron chi connectivity index (χ4n) is 1.16. The molecule has 0 unspecified atom stereocenters. The van der Waals surface area contributed by atoms with E-state index in [1.807, 2.05) is 0 Å². The Morgan fingerprint density at radius 3 is 2.53 bits per heavy atom. The Bertz CT molecular complexity index is 460. The minimum absolute atomic E-state index is 0.0284. The minimum Gasteiger partial charge on any atom is -0.465 e. The molecule has 0 N–H and O–H groups in total. The Hall–Kier alpha value is -1.13. The van der Waals surface area contributed by atoms with Crippen molar-refractivity contribution in [3.05, 3.63) is 33.6 Å². The van der Waals surface area contributed by atoms with Crippen LogP contribution in [-0.2, 0) is 9.53 Å². The lowest BCUT2D eigenvalue weighted by Crippen LogP contribution is -2.08. The zero-order chi connectivity index (χ0) is 13.0. The van der Waals surface area contributed by atoms with Crippen LogP contribution in [0, 0.1) is 5.82 Å². The SMILES string of the molecule is CC(=O)OCCC(=O)c1cc(F)c(Cl)cc1Cl. The molecule has 3 nitrogen and oxygen atoms in total. The van der Waals surface area contributed by atoms with Crippen molar-refractivity contribution in [3.63, 3.8) is 0 Å². The summed E-state index contributed by atoms with van der Waals surface area (Å²) in [6.45, 7) is 1.17. The number of hydrogen-bond donors (Lipinski definition) is 0. The molecule has 0 heterocycles. The van der Waals surface area contributed by atoms with Crippen LogP contribution in [0.4, 0.5) is 4.39 Å². The van der Waals surface area contributed by atoms with Gasteiger partial charge in [-0.3, -0.25) is 9.59 Å². The van der Waals surface area contributed by atoms with Gasteiger partial charge in [-0.05, 0) is 12.1 Å². The van der Waals surface area contributed by atoms with Crippen LogP contribution in [0.15, 0.2) is 12.1 Å². The van der Waals surface area contributed by atoms with E-state index >= 15 is 0 Å². The summed E-state index contributed by atoms with van der Waals surface area (Å²) in [5.74, 6) is -1.61. The molecule has 92 valence electrons. The maximum Gasteiger partial charge on any atom is 0.302 e. The predicted octanol–water partition coefficient (Wildman–Crippen LogP) is 3.27. The maximum absolute atomic E-state index is 13.1. The van der Waals surface area contributed by atoms with Crippen LogP contribution in [-0.4, -0.2) is 18.4 Å². The smallest absolute Gasteiger partial charge is 0.302 e. The lowest BCUT2D eigenvalue weighted by Gasteiger charge is -2.05. The van der Waals surface area contributed by atoms with Crippen LogP contribution in [0.2, 0.25) is 10.0 Å². The second-order valence-electron chi connectivity index (χ2n) is 3.26. The minimum atomic E-state index is -0.716. The molecule has 0 spiro atoms. The number of benzene rings is 1. The standard InChI is InChI=1S/C11H9Cl2FO3/c1-6(15)17-3-2-11(16)7-4-10(14)9(13)5-8(7)12/h4-5H,2-3H2,1H3. The van der Waals surface area contributed by atoms with Gasteiger partial charge in [0, 0.05) is 18.9 Å². The molecule has 0 saturated carbocycles. The van der Waals surface area contributed by atoms with Crippen LogP contribution in [0.25, 0.3) is 0 Å². The zero-order valence-corrected chi connectivity index (χ0v) is 10.4. The van der Waals surface area contributed by atoms with E-state index in [4.69, 9.17) is 23.2 Å². The molecular formula is C11H9Cl2FO3. The third-order valence-corrected chi connectivity index (χ3v) is 2.55. The number of esters is 1. The fraction of sp³-hybridized carbons (Fsp3) is 0.273. The molecule has 17 heavy (non-hydrogen) atoms. The van der Waals surface area contributed by atoms with E-state index in [2.05, 4.69) is 4.74 Å². The fourth-order valence-corrected chi connectivity index (χ4v) is 1.65. The molecule has 0 aliphatic rings. The van der Waals surface area contributed by atoms with Crippen LogP contribution in [0.3, 0.4) is 0 Å². The second-order valence-corrected chi connectivity index (χ2v) is 4.07. The Morgan fingerprint density at radius 2 is 1.94 bits per heavy atom. The number of carbonyl (C=O) groups excluding carboxylic acids is 2. The predicted molar refractivity (Wildman–Crippen MR) is 62.0 cm³/mol. The molecule has 0 aliphatic heterocycles. The first-order chi connectivity index (χ1) is 7.91. The third-order valence-electron chi connectivity index (χ3n) is 1.94. The molecule has 0 bridgehead atoms. The molecule has 0 aliphatic carbocycles. The summed E-state index contributed by atoms with van der Waals surface area (Å²) in [7, 11) is 0. The second kappa shape index (κ2) is 5.98. The summed E-state index contributed by atoms with van der Waals surface area (Å²) in [5.41, 5.74) is 0.0284. The first kappa shape index (κ1) is 13.9. The Morgan fingerprint density at radius 1 is 1.29 bits per heavy atom. The summed E-state index contributed by atoms with van der Waals surface area (Å²) in [6, 6.07) is 2.14. The van der Waals surface area contributed by atoms with E-state index < -0.39 is 17.6 Å². The number of rotatable bonds is 4. The highest BCUT2D eigenvalue weighted by atomic mass is 35.5. The molecular weight excluding hydrogens is 270 g/mol. The van der Waals surface area contributed by atoms with E-state index in [0.29, 0.717) is 0 Å². The van der Waals surface area contributed by atoms with Crippen molar-refractivity contribution >= 4 is 35.0 Å². The van der Waals surface area contributed by atoms with E-state index in [-0.39, 0.29) is 28.6 Å². The lowest BCUT2D eigenvalue weighted by atomic mass is 10.1. The first-order valence-corrected chi connectivity index (χ1v) is 5.48. The quantitative estimate of drug-likeness (QED) is 0.482. The van der Waals surface area contributed by atoms with Gasteiger partial charge >= 0.3 is 5.97 Å². The van der Waals surface area contributed by atoms with Crippen LogP contribution < -0.4 is 0 Å². The molecule has 0 atom stereocenters. The molecule has 1 aromatic carbocycles. The van der Waals surface area contributed by atoms with Crippen molar-refractivity contribution in [2.75, 3.05) is 6.61 Å². The van der Waals surface area contributed by atoms with Gasteiger partial charge in [-0.25, -0.2) is 4.39 Å². The normalized spacial score (nSPS) is 10.1. The molecule has 0 fully saturated rings. The monoisotopic (exact) mass is 278 g/mol. The van der Waals surface area contributed by atoms with E-state index in [0.717, 1.165) is 12.1 Å². The average Bonchev–Trinajstić information content (AvgIpc) is 2.22. The molecule has 1 aromatic rings. The highest BCUT2D eigenvalue weighted by Gasteiger charge is 2.14. The van der Waals surface area contributed by atoms with Crippen LogP contribution >= 0.6 is 23.2 Å². The van der Waals surface area contributed by atoms with Crippen molar-refractivity contribution in [3.8, 4) is 0 Å². The molecule has 6 heteroatoms. The summed E-state index contributed by atoms with van der Waals surface area (Å²) < 4.78 is 17.7. The first-order valence-electron chi connectivity index (χ1n) is 4.73. The topological polar surface area (TPSA) is 43.4 Å². The largest absolute Gasteiger partial charge is 0.465 e. The number of ether oxygens (including phenoxy) is 1. The van der Waals surface area contributed by atoms with Gasteiger partial charge in [0.2, 0.25) is 0 Å². The van der Waals surface area contributed by atoms with Crippen molar-refractivity contribution in [1.29, 1.82) is 0 Å². The molecule has 0 amide bonds. The average molecular weight is 279 g/mol. The van der Waals surface area contributed by atoms with E-state index in [1.54, 1.807) is 0 Å². The number of ketones is 1. The van der Waals surface area contributed by atoms with Gasteiger partial charge in [-0.2, -0.15) is 0 Å². The number of halogens is 3. The van der Waals surface area contributed by atoms with Gasteiger partial charge in [0.1, 0.15) is 5.82 Å². The van der Waals surface area contributed by atoms with Crippen molar-refractivity contribution in [2.45, 2.75) is 13.3 Å². The summed E-state index contributed by atoms with van der Waals surface area (Å²) >= 11 is 11.3. The number of hydrogen-bond acceptors (Lipinski definition) is 3. The van der Waals surface area contributed by atoms with Crippen LogP contribution in [0.1, 0.15) is 23.7 Å². The summed E-state index contributed by atoms with van der Waals surface area (Å²) in [5, 5.41) is -0.0734. The lowest BCUT2D eigenvalue weighted by molar-refractivity contribution is -0.140. The number of Topliss-reactive ketones (excluding diaryl/α,β-unsaturated/α-hetero) is 1. The highest BCUT2D eigenvalue weighted by Crippen LogP contribution is 2.25. The van der Waals surface area contributed by atoms with Gasteiger partial charge in [0.15, 0.2) is 5.78 Å². The molecule has 1 rings (SSSR count). The number of carbonyl (C=O) groups is 2. The Labute approximate surface area is 107 Å². The summed E-state index contributed by atoms with van der Waals surface area (Å²) in [4.78, 5) is 22.1. The van der Waals surface area contributed by atoms with E-state index in [1.165, 1.54) is 6.92 Å². The van der Waals surface area contributed by atoms with Crippen molar-refractivity contribution < 1.29 is 18.7 Å². The van der Waals surface area contributed by atoms with Gasteiger partial charge in [0.05, 0.1) is 16.7 Å². The van der Waals surface area contributed by atoms with Gasteiger partial charge in [0.25, 0.3) is 0 Å². The van der Waals surface area contributed by atoms with Gasteiger partial charge in [-0.15, -0.1) is 0 Å². The maximum atomic E-state index is 13.1. The Kier molecular flexibility index (Phi) is 4.90. The van der Waals surface area contributed by atoms with Crippen molar-refractivity contribution in [2.24, 2.45) is 0 Å². The summed E-state index contributed by atoms with van der Waals surface area (Å²) in [6.07, 6.45) is -0.0552. The third kappa shape index (κ3) is 3.98. The highest BCUT2D eigenvalue weighted by molar-refractivity contribution is 6.36. The van der Waals surface area contributed by atoms with Gasteiger partial charge < -0.3 is 4.74 Å².